The normalized spacial score (nSPS) is 14.0. The van der Waals surface area contributed by atoms with Crippen molar-refractivity contribution in [2.45, 2.75) is 42.6 Å². The Labute approximate surface area is 145 Å². The molecule has 0 atom stereocenters. The van der Waals surface area contributed by atoms with E-state index in [1.807, 2.05) is 12.1 Å². The lowest BCUT2D eigenvalue weighted by Gasteiger charge is -2.05. The van der Waals surface area contributed by atoms with Gasteiger partial charge in [-0.1, -0.05) is 42.1 Å². The third-order valence-electron chi connectivity index (χ3n) is 4.03. The van der Waals surface area contributed by atoms with Crippen LogP contribution in [0.5, 0.6) is 0 Å². The summed E-state index contributed by atoms with van der Waals surface area (Å²) in [6.07, 6.45) is 6.94. The molecule has 1 fully saturated rings. The van der Waals surface area contributed by atoms with Gasteiger partial charge in [-0.25, -0.2) is 19.6 Å². The summed E-state index contributed by atoms with van der Waals surface area (Å²) in [7, 11) is 0. The van der Waals surface area contributed by atoms with Gasteiger partial charge in [-0.05, 0) is 30.9 Å². The average molecular weight is 337 g/mol. The van der Waals surface area contributed by atoms with Crippen LogP contribution < -0.4 is 0 Å². The van der Waals surface area contributed by atoms with Crippen molar-refractivity contribution in [2.75, 3.05) is 0 Å². The van der Waals surface area contributed by atoms with Crippen molar-refractivity contribution in [1.82, 2.24) is 24.7 Å². The predicted molar refractivity (Wildman–Crippen MR) is 93.7 cm³/mol. The maximum atomic E-state index is 4.78. The van der Waals surface area contributed by atoms with E-state index in [9.17, 15) is 0 Å². The van der Waals surface area contributed by atoms with Crippen molar-refractivity contribution in [2.24, 2.45) is 0 Å². The molecule has 0 spiro atoms. The summed E-state index contributed by atoms with van der Waals surface area (Å²) in [6, 6.07) is 12.4. The van der Waals surface area contributed by atoms with Gasteiger partial charge in [0.1, 0.15) is 5.82 Å². The molecule has 0 radical (unpaired) electrons. The molecule has 2 heterocycles. The third kappa shape index (κ3) is 3.82. The molecule has 5 nitrogen and oxygen atoms in total. The van der Waals surface area contributed by atoms with Gasteiger partial charge in [-0.3, -0.25) is 0 Å². The second-order valence-corrected chi connectivity index (χ2v) is 6.88. The van der Waals surface area contributed by atoms with Crippen molar-refractivity contribution in [1.29, 1.82) is 0 Å². The molecule has 6 heteroatoms. The Morgan fingerprint density at radius 2 is 1.83 bits per heavy atom. The molecular formula is C18H19N5S. The minimum absolute atomic E-state index is 0.569. The van der Waals surface area contributed by atoms with Gasteiger partial charge >= 0.3 is 0 Å². The van der Waals surface area contributed by atoms with E-state index in [0.29, 0.717) is 5.92 Å². The van der Waals surface area contributed by atoms with Gasteiger partial charge in [0, 0.05) is 24.9 Å². The van der Waals surface area contributed by atoms with Gasteiger partial charge in [0.05, 0.1) is 5.75 Å². The molecule has 0 bridgehead atoms. The molecular weight excluding hydrogens is 318 g/mol. The molecule has 4 rings (SSSR count). The molecule has 2 aromatic heterocycles. The Morgan fingerprint density at radius 1 is 1.04 bits per heavy atom. The van der Waals surface area contributed by atoms with E-state index in [2.05, 4.69) is 38.9 Å². The zero-order chi connectivity index (χ0) is 16.2. The van der Waals surface area contributed by atoms with Crippen LogP contribution in [0, 0.1) is 0 Å². The summed E-state index contributed by atoms with van der Waals surface area (Å²) in [5, 5.41) is 5.53. The van der Waals surface area contributed by atoms with E-state index in [1.54, 1.807) is 24.2 Å². The molecule has 0 aliphatic heterocycles. The summed E-state index contributed by atoms with van der Waals surface area (Å²) in [5.74, 6) is 3.34. The van der Waals surface area contributed by atoms with E-state index < -0.39 is 0 Å². The van der Waals surface area contributed by atoms with Crippen LogP contribution in [0.2, 0.25) is 0 Å². The van der Waals surface area contributed by atoms with Crippen LogP contribution in [0.3, 0.4) is 0 Å². The Morgan fingerprint density at radius 3 is 2.58 bits per heavy atom. The van der Waals surface area contributed by atoms with Gasteiger partial charge in [-0.2, -0.15) is 5.10 Å². The highest BCUT2D eigenvalue weighted by Gasteiger charge is 2.28. The first kappa shape index (κ1) is 15.3. The minimum Gasteiger partial charge on any atom is -0.249 e. The van der Waals surface area contributed by atoms with Gasteiger partial charge in [0.2, 0.25) is 0 Å². The molecule has 0 N–H and O–H groups in total. The highest BCUT2D eigenvalue weighted by atomic mass is 32.2. The van der Waals surface area contributed by atoms with Gasteiger partial charge in [-0.15, -0.1) is 0 Å². The number of hydrogen-bond donors (Lipinski definition) is 0. The fourth-order valence-electron chi connectivity index (χ4n) is 2.56. The van der Waals surface area contributed by atoms with Crippen LogP contribution in [-0.4, -0.2) is 24.7 Å². The number of hydrogen-bond acceptors (Lipinski definition) is 5. The molecule has 0 saturated heterocycles. The molecule has 0 amide bonds. The number of benzene rings is 1. The summed E-state index contributed by atoms with van der Waals surface area (Å²) in [5.41, 5.74) is 1.32. The number of aromatic nitrogens is 5. The van der Waals surface area contributed by atoms with Crippen LogP contribution in [0.1, 0.15) is 36.0 Å². The number of thioether (sulfide) groups is 1. The topological polar surface area (TPSA) is 56.5 Å². The maximum absolute atomic E-state index is 4.78. The van der Waals surface area contributed by atoms with Crippen LogP contribution in [0.25, 0.3) is 0 Å². The lowest BCUT2D eigenvalue weighted by Crippen LogP contribution is -2.07. The van der Waals surface area contributed by atoms with E-state index in [1.165, 1.54) is 18.4 Å². The first-order chi connectivity index (χ1) is 11.9. The van der Waals surface area contributed by atoms with Crippen LogP contribution in [0.4, 0.5) is 0 Å². The van der Waals surface area contributed by atoms with Gasteiger partial charge in [0.25, 0.3) is 0 Å². The maximum Gasteiger partial charge on any atom is 0.187 e. The molecule has 24 heavy (non-hydrogen) atoms. The smallest absolute Gasteiger partial charge is 0.187 e. The van der Waals surface area contributed by atoms with Crippen molar-refractivity contribution >= 4 is 11.8 Å². The Hall–Kier alpha value is -2.21. The number of rotatable bonds is 7. The minimum atomic E-state index is 0.569. The second-order valence-electron chi connectivity index (χ2n) is 5.94. The summed E-state index contributed by atoms with van der Waals surface area (Å²) in [4.78, 5) is 13.3. The van der Waals surface area contributed by atoms with Crippen molar-refractivity contribution in [3.63, 3.8) is 0 Å². The fourth-order valence-corrected chi connectivity index (χ4v) is 3.31. The first-order valence-electron chi connectivity index (χ1n) is 8.26. The highest BCUT2D eigenvalue weighted by Crippen LogP contribution is 2.38. The number of nitrogens with zero attached hydrogens (tertiary/aromatic N) is 5. The summed E-state index contributed by atoms with van der Waals surface area (Å²) in [6.45, 7) is 0.856. The monoisotopic (exact) mass is 337 g/mol. The second kappa shape index (κ2) is 7.13. The standard InChI is InChI=1S/C18H19N5S/c1-2-5-14(6-3-1)9-12-23-16(21-17(22-23)15-7-8-15)13-24-18-19-10-4-11-20-18/h1-6,10-11,15H,7-9,12-13H2. The Balaban J connectivity index is 1.47. The van der Waals surface area contributed by atoms with E-state index in [0.717, 1.165) is 35.5 Å². The molecule has 1 aliphatic rings. The van der Waals surface area contributed by atoms with Crippen molar-refractivity contribution in [3.05, 3.63) is 66.0 Å². The third-order valence-corrected chi connectivity index (χ3v) is 4.91. The lowest BCUT2D eigenvalue weighted by atomic mass is 10.1. The van der Waals surface area contributed by atoms with Crippen LogP contribution in [-0.2, 0) is 18.7 Å². The quantitative estimate of drug-likeness (QED) is 0.488. The molecule has 1 saturated carbocycles. The van der Waals surface area contributed by atoms with Crippen LogP contribution in [0.15, 0.2) is 53.9 Å². The van der Waals surface area contributed by atoms with Gasteiger partial charge < -0.3 is 0 Å². The Bertz CT molecular complexity index is 723. The molecule has 1 aromatic carbocycles. The lowest BCUT2D eigenvalue weighted by molar-refractivity contribution is 0.586. The van der Waals surface area contributed by atoms with Crippen LogP contribution >= 0.6 is 11.8 Å². The largest absolute Gasteiger partial charge is 0.249 e. The van der Waals surface area contributed by atoms with Crippen molar-refractivity contribution in [3.8, 4) is 0 Å². The zero-order valence-corrected chi connectivity index (χ0v) is 14.2. The van der Waals surface area contributed by atoms with E-state index in [-0.39, 0.29) is 0 Å². The molecule has 122 valence electrons. The summed E-state index contributed by atoms with van der Waals surface area (Å²) < 4.78 is 2.07. The Kier molecular flexibility index (Phi) is 4.55. The SMILES string of the molecule is c1ccc(CCn2nc(C3CC3)nc2CSc2ncccn2)cc1. The van der Waals surface area contributed by atoms with E-state index in [4.69, 9.17) is 10.1 Å². The average Bonchev–Trinajstić information content (AvgIpc) is 3.41. The molecule has 0 unspecified atom stereocenters. The van der Waals surface area contributed by atoms with Gasteiger partial charge in [0.15, 0.2) is 11.0 Å². The predicted octanol–water partition coefficient (Wildman–Crippen LogP) is 3.48. The summed E-state index contributed by atoms with van der Waals surface area (Å²) >= 11 is 1.61. The fraction of sp³-hybridized carbons (Fsp3) is 0.333. The first-order valence-corrected chi connectivity index (χ1v) is 9.24. The van der Waals surface area contributed by atoms with Crippen molar-refractivity contribution < 1.29 is 0 Å². The molecule has 3 aromatic rings. The highest BCUT2D eigenvalue weighted by molar-refractivity contribution is 7.98. The number of aryl methyl sites for hydroxylation is 2. The van der Waals surface area contributed by atoms with E-state index >= 15 is 0 Å². The zero-order valence-electron chi connectivity index (χ0n) is 13.4. The molecule has 1 aliphatic carbocycles.